The van der Waals surface area contributed by atoms with Crippen LogP contribution in [0.2, 0.25) is 0 Å². The SMILES string of the molecule is O=C1CC(c2cc(O)cc(O)c2)Oc2c1ccc(O)c2O. The first-order valence-corrected chi connectivity index (χ1v) is 6.23. The van der Waals surface area contributed by atoms with Crippen LogP contribution in [0, 0.1) is 0 Å². The van der Waals surface area contributed by atoms with E-state index in [2.05, 4.69) is 0 Å². The van der Waals surface area contributed by atoms with Gasteiger partial charge in [0.1, 0.15) is 17.6 Å². The van der Waals surface area contributed by atoms with Crippen LogP contribution in [0.3, 0.4) is 0 Å². The van der Waals surface area contributed by atoms with E-state index in [0.717, 1.165) is 6.07 Å². The average molecular weight is 288 g/mol. The number of fused-ring (bicyclic) bond motifs is 1. The van der Waals surface area contributed by atoms with Gasteiger partial charge in [-0.1, -0.05) is 0 Å². The van der Waals surface area contributed by atoms with E-state index in [9.17, 15) is 25.2 Å². The van der Waals surface area contributed by atoms with Gasteiger partial charge in [0, 0.05) is 11.6 Å². The first-order valence-electron chi connectivity index (χ1n) is 6.23. The topological polar surface area (TPSA) is 107 Å². The third-order valence-electron chi connectivity index (χ3n) is 3.34. The van der Waals surface area contributed by atoms with E-state index in [4.69, 9.17) is 4.74 Å². The second-order valence-corrected chi connectivity index (χ2v) is 4.83. The van der Waals surface area contributed by atoms with E-state index < -0.39 is 11.9 Å². The van der Waals surface area contributed by atoms with E-state index in [-0.39, 0.29) is 40.8 Å². The highest BCUT2D eigenvalue weighted by molar-refractivity contribution is 6.01. The van der Waals surface area contributed by atoms with Gasteiger partial charge in [0.15, 0.2) is 17.3 Å². The maximum Gasteiger partial charge on any atom is 0.201 e. The fraction of sp³-hybridized carbons (Fsp3) is 0.133. The van der Waals surface area contributed by atoms with Gasteiger partial charge >= 0.3 is 0 Å². The Morgan fingerprint density at radius 2 is 1.67 bits per heavy atom. The smallest absolute Gasteiger partial charge is 0.201 e. The monoisotopic (exact) mass is 288 g/mol. The van der Waals surface area contributed by atoms with Crippen molar-refractivity contribution < 1.29 is 30.0 Å². The first kappa shape index (κ1) is 13.1. The van der Waals surface area contributed by atoms with Gasteiger partial charge in [0.2, 0.25) is 5.75 Å². The molecule has 0 amide bonds. The molecule has 108 valence electrons. The lowest BCUT2D eigenvalue weighted by Gasteiger charge is -2.26. The van der Waals surface area contributed by atoms with Gasteiger partial charge in [-0.2, -0.15) is 0 Å². The molecule has 4 N–H and O–H groups in total. The predicted molar refractivity (Wildman–Crippen MR) is 71.9 cm³/mol. The van der Waals surface area contributed by atoms with Crippen LogP contribution in [0.15, 0.2) is 30.3 Å². The van der Waals surface area contributed by atoms with Crippen molar-refractivity contribution in [3.05, 3.63) is 41.5 Å². The number of ether oxygens (including phenoxy) is 1. The molecule has 0 aromatic heterocycles. The summed E-state index contributed by atoms with van der Waals surface area (Å²) in [7, 11) is 0. The Balaban J connectivity index is 2.05. The summed E-state index contributed by atoms with van der Waals surface area (Å²) in [5.74, 6) is -1.58. The molecule has 6 heteroatoms. The van der Waals surface area contributed by atoms with Gasteiger partial charge in [-0.05, 0) is 24.3 Å². The molecule has 0 spiro atoms. The van der Waals surface area contributed by atoms with E-state index in [1.807, 2.05) is 0 Å². The molecule has 1 unspecified atom stereocenters. The van der Waals surface area contributed by atoms with Gasteiger partial charge in [0.05, 0.1) is 12.0 Å². The number of hydrogen-bond donors (Lipinski definition) is 4. The minimum atomic E-state index is -0.768. The Morgan fingerprint density at radius 1 is 1.00 bits per heavy atom. The highest BCUT2D eigenvalue weighted by Crippen LogP contribution is 2.45. The number of phenolic OH excluding ortho intramolecular Hbond substituents is 4. The third-order valence-corrected chi connectivity index (χ3v) is 3.34. The van der Waals surface area contributed by atoms with Gasteiger partial charge < -0.3 is 25.2 Å². The van der Waals surface area contributed by atoms with E-state index in [1.165, 1.54) is 24.3 Å². The second-order valence-electron chi connectivity index (χ2n) is 4.83. The number of hydrogen-bond acceptors (Lipinski definition) is 6. The van der Waals surface area contributed by atoms with Crippen molar-refractivity contribution >= 4 is 5.78 Å². The molecule has 0 saturated heterocycles. The van der Waals surface area contributed by atoms with Crippen LogP contribution >= 0.6 is 0 Å². The van der Waals surface area contributed by atoms with E-state index in [0.29, 0.717) is 5.56 Å². The summed E-state index contributed by atoms with van der Waals surface area (Å²) in [4.78, 5) is 12.1. The molecule has 0 saturated carbocycles. The van der Waals surface area contributed by atoms with Crippen LogP contribution in [-0.4, -0.2) is 26.2 Å². The lowest BCUT2D eigenvalue weighted by atomic mass is 9.95. The second kappa shape index (κ2) is 4.59. The zero-order chi connectivity index (χ0) is 15.1. The molecule has 0 aliphatic carbocycles. The third kappa shape index (κ3) is 2.20. The molecule has 6 nitrogen and oxygen atoms in total. The van der Waals surface area contributed by atoms with Crippen LogP contribution in [0.5, 0.6) is 28.7 Å². The van der Waals surface area contributed by atoms with Gasteiger partial charge in [-0.25, -0.2) is 0 Å². The summed E-state index contributed by atoms with van der Waals surface area (Å²) in [5.41, 5.74) is 0.583. The number of phenols is 4. The maximum atomic E-state index is 12.1. The fourth-order valence-corrected chi connectivity index (χ4v) is 2.35. The van der Waals surface area contributed by atoms with E-state index >= 15 is 0 Å². The Hall–Kier alpha value is -2.89. The van der Waals surface area contributed by atoms with Crippen molar-refractivity contribution in [2.45, 2.75) is 12.5 Å². The first-order chi connectivity index (χ1) is 9.95. The van der Waals surface area contributed by atoms with Crippen molar-refractivity contribution in [1.29, 1.82) is 0 Å². The van der Waals surface area contributed by atoms with Gasteiger partial charge in [0.25, 0.3) is 0 Å². The zero-order valence-electron chi connectivity index (χ0n) is 10.8. The largest absolute Gasteiger partial charge is 0.508 e. The number of aromatic hydroxyl groups is 4. The number of carbonyl (C=O) groups excluding carboxylic acids is 1. The average Bonchev–Trinajstić information content (AvgIpc) is 2.42. The Labute approximate surface area is 119 Å². The quantitative estimate of drug-likeness (QED) is 0.599. The minimum Gasteiger partial charge on any atom is -0.508 e. The molecular formula is C15H12O6. The highest BCUT2D eigenvalue weighted by atomic mass is 16.5. The van der Waals surface area contributed by atoms with E-state index in [1.54, 1.807) is 0 Å². The number of ketones is 1. The number of benzene rings is 2. The van der Waals surface area contributed by atoms with Crippen molar-refractivity contribution in [1.82, 2.24) is 0 Å². The number of Topliss-reactive ketones (excluding diaryl/α,β-unsaturated/α-hetero) is 1. The molecular weight excluding hydrogens is 276 g/mol. The van der Waals surface area contributed by atoms with Crippen LogP contribution in [0.1, 0.15) is 28.4 Å². The summed E-state index contributed by atoms with van der Waals surface area (Å²) in [6.07, 6.45) is -0.768. The molecule has 21 heavy (non-hydrogen) atoms. The normalized spacial score (nSPS) is 17.1. The molecule has 2 aromatic rings. The standard InChI is InChI=1S/C15H12O6/c16-8-3-7(4-9(17)5-8)13-6-12(19)10-1-2-11(18)14(20)15(10)21-13/h1-5,13,16-18,20H,6H2. The molecule has 2 aromatic carbocycles. The lowest BCUT2D eigenvalue weighted by Crippen LogP contribution is -2.20. The molecule has 0 bridgehead atoms. The summed E-state index contributed by atoms with van der Waals surface area (Å²) in [6.45, 7) is 0. The van der Waals surface area contributed by atoms with Crippen LogP contribution in [0.4, 0.5) is 0 Å². The Kier molecular flexibility index (Phi) is 2.86. The molecule has 1 atom stereocenters. The van der Waals surface area contributed by atoms with Gasteiger partial charge in [-0.3, -0.25) is 4.79 Å². The van der Waals surface area contributed by atoms with Crippen molar-refractivity contribution in [3.8, 4) is 28.7 Å². The highest BCUT2D eigenvalue weighted by Gasteiger charge is 2.31. The zero-order valence-corrected chi connectivity index (χ0v) is 10.8. The number of rotatable bonds is 1. The minimum absolute atomic E-state index is 0.000108. The fourth-order valence-electron chi connectivity index (χ4n) is 2.35. The molecule has 1 aliphatic rings. The van der Waals surface area contributed by atoms with Crippen LogP contribution < -0.4 is 4.74 Å². The Morgan fingerprint density at radius 3 is 2.33 bits per heavy atom. The molecule has 1 heterocycles. The number of carbonyl (C=O) groups is 1. The van der Waals surface area contributed by atoms with Crippen molar-refractivity contribution in [3.63, 3.8) is 0 Å². The van der Waals surface area contributed by atoms with Crippen molar-refractivity contribution in [2.75, 3.05) is 0 Å². The Bertz CT molecular complexity index is 717. The maximum absolute atomic E-state index is 12.1. The molecule has 0 radical (unpaired) electrons. The summed E-state index contributed by atoms with van der Waals surface area (Å²) < 4.78 is 5.56. The predicted octanol–water partition coefficient (Wildman–Crippen LogP) is 2.22. The molecule has 1 aliphatic heterocycles. The van der Waals surface area contributed by atoms with Gasteiger partial charge in [-0.15, -0.1) is 0 Å². The summed E-state index contributed by atoms with van der Waals surface area (Å²) in [5, 5.41) is 38.3. The lowest BCUT2D eigenvalue weighted by molar-refractivity contribution is 0.0840. The summed E-state index contributed by atoms with van der Waals surface area (Å²) >= 11 is 0. The van der Waals surface area contributed by atoms with Crippen LogP contribution in [-0.2, 0) is 0 Å². The summed E-state index contributed by atoms with van der Waals surface area (Å²) in [6, 6.07) is 6.48. The van der Waals surface area contributed by atoms with Crippen molar-refractivity contribution in [2.24, 2.45) is 0 Å². The molecule has 0 fully saturated rings. The molecule has 3 rings (SSSR count). The van der Waals surface area contributed by atoms with Crippen LogP contribution in [0.25, 0.3) is 0 Å².